The molecule has 1 aromatic carbocycles. The topological polar surface area (TPSA) is 157 Å². The van der Waals surface area contributed by atoms with E-state index in [0.717, 1.165) is 12.1 Å². The molecule has 3 aliphatic heterocycles. The zero-order valence-corrected chi connectivity index (χ0v) is 25.9. The summed E-state index contributed by atoms with van der Waals surface area (Å²) in [7, 11) is -1.99. The molecule has 5 rings (SSSR count). The molecule has 250 valence electrons. The zero-order valence-electron chi connectivity index (χ0n) is 25.1. The molecule has 0 radical (unpaired) electrons. The standard InChI is InChI=1S/C28H38F3N5O8S/c1-15(2)14-45(40,41)34-6-4-17(5-7-34)35-11-18(43-28(35)39)10-22-27(42-3)25(26(38)23(13-37)44-22)36-12-21(32-33-36)16-8-19(29)24(31)20(30)9-16/h8-9,12,15,17-18,22-23,25-27,37-38H,4-7,10-11,13-14H2,1-3H3/t18?,22-,23-,25+,26+,27+/m1/s1. The van der Waals surface area contributed by atoms with Gasteiger partial charge in [-0.2, -0.15) is 0 Å². The Balaban J connectivity index is 1.28. The number of halogens is 3. The number of aliphatic hydroxyl groups is 2. The van der Waals surface area contributed by atoms with Crippen LogP contribution in [0.3, 0.4) is 0 Å². The number of cyclic esters (lactones) is 1. The van der Waals surface area contributed by atoms with Crippen LogP contribution in [0, 0.1) is 23.4 Å². The van der Waals surface area contributed by atoms with Gasteiger partial charge in [0.15, 0.2) is 17.5 Å². The molecule has 6 atom stereocenters. The number of aliphatic hydroxyl groups excluding tert-OH is 2. The zero-order chi connectivity index (χ0) is 32.6. The highest BCUT2D eigenvalue weighted by molar-refractivity contribution is 7.89. The molecule has 3 saturated heterocycles. The van der Waals surface area contributed by atoms with Crippen LogP contribution < -0.4 is 0 Å². The minimum absolute atomic E-state index is 0.00155. The van der Waals surface area contributed by atoms with E-state index in [1.807, 2.05) is 13.8 Å². The summed E-state index contributed by atoms with van der Waals surface area (Å²) in [4.78, 5) is 14.5. The maximum atomic E-state index is 13.8. The molecule has 1 aromatic heterocycles. The maximum Gasteiger partial charge on any atom is 0.410 e. The van der Waals surface area contributed by atoms with Crippen LogP contribution in [-0.4, -0.2) is 125 Å². The van der Waals surface area contributed by atoms with E-state index in [0.29, 0.717) is 25.9 Å². The summed E-state index contributed by atoms with van der Waals surface area (Å²) in [5, 5.41) is 29.0. The summed E-state index contributed by atoms with van der Waals surface area (Å²) in [5.74, 6) is -4.35. The molecule has 3 fully saturated rings. The van der Waals surface area contributed by atoms with E-state index in [9.17, 15) is 36.6 Å². The largest absolute Gasteiger partial charge is 0.444 e. The molecular formula is C28H38F3N5O8S. The highest BCUT2D eigenvalue weighted by Crippen LogP contribution is 2.36. The van der Waals surface area contributed by atoms with Gasteiger partial charge in [-0.25, -0.2) is 35.4 Å². The average molecular weight is 662 g/mol. The molecule has 1 unspecified atom stereocenters. The Kier molecular flexibility index (Phi) is 10.1. The Morgan fingerprint density at radius 1 is 1.13 bits per heavy atom. The predicted molar refractivity (Wildman–Crippen MR) is 152 cm³/mol. The minimum atomic E-state index is -3.38. The van der Waals surface area contributed by atoms with Gasteiger partial charge in [0.25, 0.3) is 0 Å². The van der Waals surface area contributed by atoms with Crippen molar-refractivity contribution in [3.63, 3.8) is 0 Å². The van der Waals surface area contributed by atoms with Gasteiger partial charge in [-0.15, -0.1) is 5.10 Å². The van der Waals surface area contributed by atoms with E-state index in [2.05, 4.69) is 10.3 Å². The molecule has 0 spiro atoms. The first-order valence-electron chi connectivity index (χ1n) is 14.8. The summed E-state index contributed by atoms with van der Waals surface area (Å²) in [6.07, 6.45) is -2.87. The van der Waals surface area contributed by atoms with Gasteiger partial charge in [0.2, 0.25) is 10.0 Å². The van der Waals surface area contributed by atoms with Crippen LogP contribution in [0.2, 0.25) is 0 Å². The second kappa shape index (κ2) is 13.5. The van der Waals surface area contributed by atoms with Crippen molar-refractivity contribution in [1.82, 2.24) is 24.2 Å². The number of aromatic nitrogens is 3. The molecule has 3 aliphatic rings. The third kappa shape index (κ3) is 6.97. The van der Waals surface area contributed by atoms with Gasteiger partial charge >= 0.3 is 6.09 Å². The first-order valence-corrected chi connectivity index (χ1v) is 16.4. The molecule has 13 nitrogen and oxygen atoms in total. The molecule has 2 aromatic rings. The van der Waals surface area contributed by atoms with E-state index < -0.39 is 76.7 Å². The molecule has 0 saturated carbocycles. The second-order valence-corrected chi connectivity index (χ2v) is 14.1. The van der Waals surface area contributed by atoms with Crippen molar-refractivity contribution in [2.75, 3.05) is 39.1 Å². The number of sulfonamides is 1. The van der Waals surface area contributed by atoms with Crippen molar-refractivity contribution in [2.45, 2.75) is 75.7 Å². The number of hydrogen-bond acceptors (Lipinski definition) is 10. The van der Waals surface area contributed by atoms with Gasteiger partial charge in [-0.3, -0.25) is 0 Å². The van der Waals surface area contributed by atoms with Gasteiger partial charge in [-0.1, -0.05) is 19.1 Å². The number of carbonyl (C=O) groups excluding carboxylic acids is 1. The lowest BCUT2D eigenvalue weighted by Crippen LogP contribution is -2.57. The Hall–Kier alpha value is -2.83. The Bertz CT molecular complexity index is 1450. The molecule has 2 N–H and O–H groups in total. The highest BCUT2D eigenvalue weighted by Gasteiger charge is 2.49. The third-order valence-corrected chi connectivity index (χ3v) is 10.8. The third-order valence-electron chi connectivity index (χ3n) is 8.53. The number of amides is 1. The van der Waals surface area contributed by atoms with Crippen LogP contribution in [0.4, 0.5) is 18.0 Å². The molecule has 1 amide bonds. The van der Waals surface area contributed by atoms with E-state index in [4.69, 9.17) is 14.2 Å². The lowest BCUT2D eigenvalue weighted by Gasteiger charge is -2.44. The van der Waals surface area contributed by atoms with Crippen molar-refractivity contribution in [1.29, 1.82) is 0 Å². The predicted octanol–water partition coefficient (Wildman–Crippen LogP) is 1.70. The first-order chi connectivity index (χ1) is 21.3. The van der Waals surface area contributed by atoms with E-state index in [1.54, 1.807) is 4.90 Å². The van der Waals surface area contributed by atoms with Gasteiger partial charge in [0.1, 0.15) is 36.2 Å². The lowest BCUT2D eigenvalue weighted by molar-refractivity contribution is -0.217. The Labute approximate surface area is 258 Å². The smallest absolute Gasteiger partial charge is 0.410 e. The molecule has 0 bridgehead atoms. The molecule has 17 heteroatoms. The SMILES string of the molecule is CO[C@@H]1[C@@H](n2cc(-c3cc(F)c(F)c(F)c3)nn2)[C@@H](O)[C@@H](CO)O[C@@H]1CC1CN(C2CCN(S(=O)(=O)CC(C)C)CC2)C(=O)O1. The van der Waals surface area contributed by atoms with Crippen LogP contribution in [0.15, 0.2) is 18.3 Å². The van der Waals surface area contributed by atoms with E-state index >= 15 is 0 Å². The van der Waals surface area contributed by atoms with Gasteiger partial charge < -0.3 is 29.3 Å². The lowest BCUT2D eigenvalue weighted by atomic mass is 9.89. The normalized spacial score (nSPS) is 28.6. The van der Waals surface area contributed by atoms with Crippen molar-refractivity contribution >= 4 is 16.1 Å². The van der Waals surface area contributed by atoms with Crippen molar-refractivity contribution in [3.05, 3.63) is 35.8 Å². The number of hydrogen-bond donors (Lipinski definition) is 2. The van der Waals surface area contributed by atoms with Crippen LogP contribution in [0.1, 0.15) is 39.2 Å². The van der Waals surface area contributed by atoms with Crippen LogP contribution >= 0.6 is 0 Å². The Morgan fingerprint density at radius 3 is 2.40 bits per heavy atom. The minimum Gasteiger partial charge on any atom is -0.444 e. The summed E-state index contributed by atoms with van der Waals surface area (Å²) >= 11 is 0. The van der Waals surface area contributed by atoms with Gasteiger partial charge in [0.05, 0.1) is 31.2 Å². The number of piperidine rings is 1. The number of rotatable bonds is 10. The van der Waals surface area contributed by atoms with Crippen LogP contribution in [0.5, 0.6) is 0 Å². The van der Waals surface area contributed by atoms with Crippen molar-refractivity contribution in [2.24, 2.45) is 5.92 Å². The molecule has 4 heterocycles. The number of nitrogens with zero attached hydrogens (tertiary/aromatic N) is 5. The van der Waals surface area contributed by atoms with Crippen LogP contribution in [-0.2, 0) is 24.2 Å². The number of ether oxygens (including phenoxy) is 3. The highest BCUT2D eigenvalue weighted by atomic mass is 32.2. The average Bonchev–Trinajstić information content (AvgIpc) is 3.62. The fraction of sp³-hybridized carbons (Fsp3) is 0.679. The van der Waals surface area contributed by atoms with E-state index in [1.165, 1.54) is 22.3 Å². The fourth-order valence-electron chi connectivity index (χ4n) is 6.39. The number of carbonyl (C=O) groups is 1. The van der Waals surface area contributed by atoms with Crippen molar-refractivity contribution in [3.8, 4) is 11.3 Å². The van der Waals surface area contributed by atoms with Gasteiger partial charge in [0, 0.05) is 38.2 Å². The number of methoxy groups -OCH3 is 1. The van der Waals surface area contributed by atoms with Crippen molar-refractivity contribution < 1.29 is 50.8 Å². The second-order valence-electron chi connectivity index (χ2n) is 12.1. The van der Waals surface area contributed by atoms with Crippen LogP contribution in [0.25, 0.3) is 11.3 Å². The summed E-state index contributed by atoms with van der Waals surface area (Å²) < 4.78 is 86.5. The summed E-state index contributed by atoms with van der Waals surface area (Å²) in [5.41, 5.74) is -0.0772. The van der Waals surface area contributed by atoms with Gasteiger partial charge in [-0.05, 0) is 30.9 Å². The summed E-state index contributed by atoms with van der Waals surface area (Å²) in [6.45, 7) is 3.98. The quantitative estimate of drug-likeness (QED) is 0.360. The molecular weight excluding hydrogens is 623 g/mol. The number of benzene rings is 1. The fourth-order valence-corrected chi connectivity index (χ4v) is 8.21. The maximum absolute atomic E-state index is 13.8. The molecule has 45 heavy (non-hydrogen) atoms. The monoisotopic (exact) mass is 661 g/mol. The summed E-state index contributed by atoms with van der Waals surface area (Å²) in [6, 6.07) is 0.365. The van der Waals surface area contributed by atoms with E-state index in [-0.39, 0.29) is 41.9 Å². The molecule has 0 aliphatic carbocycles. The first kappa shape index (κ1) is 33.5. The Morgan fingerprint density at radius 2 is 1.80 bits per heavy atom.